The monoisotopic (exact) mass is 254 g/mol. The van der Waals surface area contributed by atoms with Gasteiger partial charge in [0.15, 0.2) is 0 Å². The van der Waals surface area contributed by atoms with Crippen molar-refractivity contribution in [3.8, 4) is 0 Å². The Hall–Kier alpha value is -1.97. The van der Waals surface area contributed by atoms with Gasteiger partial charge in [0.25, 0.3) is 0 Å². The van der Waals surface area contributed by atoms with Crippen LogP contribution in [0.2, 0.25) is 0 Å². The first-order chi connectivity index (χ1) is 9.22. The van der Waals surface area contributed by atoms with Gasteiger partial charge in [-0.1, -0.05) is 6.07 Å². The average Bonchev–Trinajstić information content (AvgIpc) is 2.88. The molecule has 0 spiro atoms. The van der Waals surface area contributed by atoms with Crippen LogP contribution in [0.4, 0.5) is 5.82 Å². The third-order valence-corrected chi connectivity index (χ3v) is 3.53. The van der Waals surface area contributed by atoms with E-state index < -0.39 is 0 Å². The van der Waals surface area contributed by atoms with Gasteiger partial charge >= 0.3 is 0 Å². The van der Waals surface area contributed by atoms with Gasteiger partial charge in [-0.2, -0.15) is 0 Å². The first-order valence-electron chi connectivity index (χ1n) is 6.70. The Balaban J connectivity index is 1.79. The van der Waals surface area contributed by atoms with Crippen molar-refractivity contribution in [2.45, 2.75) is 26.2 Å². The lowest BCUT2D eigenvalue weighted by Gasteiger charge is -2.17. The van der Waals surface area contributed by atoms with Crippen molar-refractivity contribution in [3.05, 3.63) is 47.7 Å². The first-order valence-corrected chi connectivity index (χ1v) is 6.70. The normalized spacial score (nSPS) is 18.8. The zero-order chi connectivity index (χ0) is 13.2. The second-order valence-corrected chi connectivity index (χ2v) is 5.13. The van der Waals surface area contributed by atoms with Gasteiger partial charge in [-0.3, -0.25) is 0 Å². The molecule has 1 aliphatic rings. The molecule has 0 bridgehead atoms. The minimum absolute atomic E-state index is 0.417. The van der Waals surface area contributed by atoms with E-state index in [-0.39, 0.29) is 0 Å². The molecule has 1 atom stereocenters. The molecule has 2 aromatic heterocycles. The summed E-state index contributed by atoms with van der Waals surface area (Å²) >= 11 is 0. The fourth-order valence-electron chi connectivity index (χ4n) is 2.66. The van der Waals surface area contributed by atoms with Crippen LogP contribution in [0, 0.1) is 13.8 Å². The van der Waals surface area contributed by atoms with Crippen molar-refractivity contribution in [1.82, 2.24) is 15.0 Å². The molecule has 0 aromatic carbocycles. The number of nitrogens with zero attached hydrogens (tertiary/aromatic N) is 4. The third-order valence-electron chi connectivity index (χ3n) is 3.53. The van der Waals surface area contributed by atoms with Crippen LogP contribution in [0.3, 0.4) is 0 Å². The summed E-state index contributed by atoms with van der Waals surface area (Å²) in [5.41, 5.74) is 2.11. The number of aromatic nitrogens is 3. The van der Waals surface area contributed by atoms with E-state index >= 15 is 0 Å². The topological polar surface area (TPSA) is 41.9 Å². The SMILES string of the molecule is Cc1cc(C)nc([C@H]2CCN(c3ccccn3)C2)n1. The van der Waals surface area contributed by atoms with Gasteiger partial charge in [0.2, 0.25) is 0 Å². The molecule has 1 fully saturated rings. The van der Waals surface area contributed by atoms with Crippen LogP contribution in [-0.2, 0) is 0 Å². The molecule has 0 unspecified atom stereocenters. The summed E-state index contributed by atoms with van der Waals surface area (Å²) in [6.45, 7) is 6.05. The van der Waals surface area contributed by atoms with Crippen molar-refractivity contribution in [3.63, 3.8) is 0 Å². The molecule has 3 rings (SSSR count). The molecule has 1 aliphatic heterocycles. The minimum Gasteiger partial charge on any atom is -0.356 e. The zero-order valence-corrected chi connectivity index (χ0v) is 11.4. The van der Waals surface area contributed by atoms with E-state index in [0.717, 1.165) is 42.5 Å². The molecular formula is C15H18N4. The van der Waals surface area contributed by atoms with Gasteiger partial charge < -0.3 is 4.90 Å². The summed E-state index contributed by atoms with van der Waals surface area (Å²) in [4.78, 5) is 15.9. The van der Waals surface area contributed by atoms with Gasteiger partial charge in [0, 0.05) is 36.6 Å². The van der Waals surface area contributed by atoms with E-state index in [0.29, 0.717) is 5.92 Å². The fourth-order valence-corrected chi connectivity index (χ4v) is 2.66. The largest absolute Gasteiger partial charge is 0.356 e. The average molecular weight is 254 g/mol. The molecule has 0 aliphatic carbocycles. The standard InChI is InChI=1S/C15H18N4/c1-11-9-12(2)18-15(17-11)13-6-8-19(10-13)14-5-3-4-7-16-14/h3-5,7,9,13H,6,8,10H2,1-2H3/t13-/m0/s1. The Morgan fingerprint density at radius 2 is 1.95 bits per heavy atom. The van der Waals surface area contributed by atoms with Gasteiger partial charge in [0.1, 0.15) is 11.6 Å². The van der Waals surface area contributed by atoms with E-state index in [1.807, 2.05) is 38.2 Å². The van der Waals surface area contributed by atoms with Crippen LogP contribution >= 0.6 is 0 Å². The fraction of sp³-hybridized carbons (Fsp3) is 0.400. The van der Waals surface area contributed by atoms with Crippen molar-refractivity contribution in [2.24, 2.45) is 0 Å². The van der Waals surface area contributed by atoms with Crippen molar-refractivity contribution in [2.75, 3.05) is 18.0 Å². The van der Waals surface area contributed by atoms with Crippen LogP contribution in [0.15, 0.2) is 30.5 Å². The van der Waals surface area contributed by atoms with Crippen LogP contribution in [0.1, 0.15) is 29.6 Å². The molecule has 1 saturated heterocycles. The number of aryl methyl sites for hydroxylation is 2. The van der Waals surface area contributed by atoms with Gasteiger partial charge in [-0.05, 0) is 38.5 Å². The van der Waals surface area contributed by atoms with E-state index in [1.165, 1.54) is 0 Å². The lowest BCUT2D eigenvalue weighted by atomic mass is 10.1. The Kier molecular flexibility index (Phi) is 3.15. The Morgan fingerprint density at radius 3 is 2.63 bits per heavy atom. The quantitative estimate of drug-likeness (QED) is 0.825. The summed E-state index contributed by atoms with van der Waals surface area (Å²) in [6.07, 6.45) is 2.94. The summed E-state index contributed by atoms with van der Waals surface area (Å²) < 4.78 is 0. The molecule has 3 heterocycles. The highest BCUT2D eigenvalue weighted by Gasteiger charge is 2.26. The molecule has 19 heavy (non-hydrogen) atoms. The summed E-state index contributed by atoms with van der Waals surface area (Å²) in [6, 6.07) is 8.06. The lowest BCUT2D eigenvalue weighted by Crippen LogP contribution is -2.20. The summed E-state index contributed by atoms with van der Waals surface area (Å²) in [5.74, 6) is 2.45. The van der Waals surface area contributed by atoms with Crippen LogP contribution in [-0.4, -0.2) is 28.0 Å². The van der Waals surface area contributed by atoms with Gasteiger partial charge in [-0.15, -0.1) is 0 Å². The highest BCUT2D eigenvalue weighted by molar-refractivity contribution is 5.40. The maximum absolute atomic E-state index is 4.59. The first kappa shape index (κ1) is 12.1. The molecule has 0 N–H and O–H groups in total. The molecule has 98 valence electrons. The van der Waals surface area contributed by atoms with E-state index in [4.69, 9.17) is 0 Å². The molecule has 2 aromatic rings. The maximum atomic E-state index is 4.59. The predicted molar refractivity (Wildman–Crippen MR) is 75.3 cm³/mol. The minimum atomic E-state index is 0.417. The summed E-state index contributed by atoms with van der Waals surface area (Å²) in [5, 5.41) is 0. The van der Waals surface area contributed by atoms with Gasteiger partial charge in [0.05, 0.1) is 0 Å². The smallest absolute Gasteiger partial charge is 0.133 e. The van der Waals surface area contributed by atoms with E-state index in [2.05, 4.69) is 25.9 Å². The van der Waals surface area contributed by atoms with Crippen LogP contribution in [0.5, 0.6) is 0 Å². The number of hydrogen-bond acceptors (Lipinski definition) is 4. The number of hydrogen-bond donors (Lipinski definition) is 0. The molecule has 0 radical (unpaired) electrons. The van der Waals surface area contributed by atoms with Crippen LogP contribution in [0.25, 0.3) is 0 Å². The highest BCUT2D eigenvalue weighted by atomic mass is 15.2. The van der Waals surface area contributed by atoms with Gasteiger partial charge in [-0.25, -0.2) is 15.0 Å². The second kappa shape index (κ2) is 4.96. The molecule has 0 saturated carbocycles. The Bertz CT molecular complexity index is 547. The Labute approximate surface area is 113 Å². The van der Waals surface area contributed by atoms with E-state index in [1.54, 1.807) is 0 Å². The third kappa shape index (κ3) is 2.57. The van der Waals surface area contributed by atoms with Crippen molar-refractivity contribution >= 4 is 5.82 Å². The second-order valence-electron chi connectivity index (χ2n) is 5.13. The summed E-state index contributed by atoms with van der Waals surface area (Å²) in [7, 11) is 0. The number of anilines is 1. The molecule has 4 heteroatoms. The number of pyridine rings is 1. The molecule has 0 amide bonds. The van der Waals surface area contributed by atoms with Crippen LogP contribution < -0.4 is 4.90 Å². The molecule has 4 nitrogen and oxygen atoms in total. The lowest BCUT2D eigenvalue weighted by molar-refractivity contribution is 0.699. The maximum Gasteiger partial charge on any atom is 0.133 e. The number of rotatable bonds is 2. The van der Waals surface area contributed by atoms with E-state index in [9.17, 15) is 0 Å². The van der Waals surface area contributed by atoms with Crippen molar-refractivity contribution in [1.29, 1.82) is 0 Å². The predicted octanol–water partition coefficient (Wildman–Crippen LogP) is 2.48. The molecular weight excluding hydrogens is 236 g/mol. The Morgan fingerprint density at radius 1 is 1.16 bits per heavy atom. The highest BCUT2D eigenvalue weighted by Crippen LogP contribution is 2.27. The zero-order valence-electron chi connectivity index (χ0n) is 11.4. The van der Waals surface area contributed by atoms with Crippen molar-refractivity contribution < 1.29 is 0 Å².